The smallest absolute Gasteiger partial charge is 0.330 e. The van der Waals surface area contributed by atoms with Gasteiger partial charge in [0.05, 0.1) is 17.8 Å². The maximum atomic E-state index is 13.0. The van der Waals surface area contributed by atoms with E-state index in [0.717, 1.165) is 18.6 Å². The minimum absolute atomic E-state index is 0.0337. The van der Waals surface area contributed by atoms with Gasteiger partial charge in [-0.2, -0.15) is 13.2 Å². The van der Waals surface area contributed by atoms with Crippen LogP contribution in [0.5, 0.6) is 0 Å². The third-order valence-corrected chi connectivity index (χ3v) is 4.29. The molecule has 1 fully saturated rings. The first-order valence-electron chi connectivity index (χ1n) is 7.22. The molecule has 0 bridgehead atoms. The molecular formula is C15H19ClF3N3O. The number of halogens is 4. The van der Waals surface area contributed by atoms with Gasteiger partial charge in [-0.1, -0.05) is 18.5 Å². The van der Waals surface area contributed by atoms with Crippen LogP contribution in [0.3, 0.4) is 0 Å². The number of anilines is 1. The van der Waals surface area contributed by atoms with Crippen LogP contribution in [0.2, 0.25) is 5.02 Å². The van der Waals surface area contributed by atoms with E-state index < -0.39 is 17.6 Å². The number of carbonyl (C=O) groups is 1. The number of amides is 1. The van der Waals surface area contributed by atoms with Crippen LogP contribution in [0.25, 0.3) is 0 Å². The molecule has 1 saturated heterocycles. The van der Waals surface area contributed by atoms with E-state index in [1.807, 2.05) is 11.8 Å². The van der Waals surface area contributed by atoms with E-state index in [1.165, 1.54) is 6.07 Å². The Balaban J connectivity index is 2.04. The first-order chi connectivity index (χ1) is 10.6. The SMILES string of the molecule is CC1(CN)CCN(CC(=O)Nc2ccc(Cl)cc2C(F)(F)F)C1. The van der Waals surface area contributed by atoms with E-state index in [-0.39, 0.29) is 22.7 Å². The van der Waals surface area contributed by atoms with Crippen molar-refractivity contribution in [1.29, 1.82) is 0 Å². The summed E-state index contributed by atoms with van der Waals surface area (Å²) < 4.78 is 39.0. The molecule has 1 unspecified atom stereocenters. The summed E-state index contributed by atoms with van der Waals surface area (Å²) in [5.41, 5.74) is 4.42. The van der Waals surface area contributed by atoms with E-state index in [1.54, 1.807) is 0 Å². The number of nitrogens with zero attached hydrogens (tertiary/aromatic N) is 1. The summed E-state index contributed by atoms with van der Waals surface area (Å²) in [7, 11) is 0. The second-order valence-corrected chi connectivity index (χ2v) is 6.65. The van der Waals surface area contributed by atoms with Crippen LogP contribution in [0, 0.1) is 5.41 Å². The number of benzene rings is 1. The molecule has 1 aromatic rings. The molecule has 128 valence electrons. The molecule has 4 nitrogen and oxygen atoms in total. The van der Waals surface area contributed by atoms with E-state index in [0.29, 0.717) is 19.6 Å². The van der Waals surface area contributed by atoms with Gasteiger partial charge >= 0.3 is 6.18 Å². The lowest BCUT2D eigenvalue weighted by atomic mass is 9.90. The molecular weight excluding hydrogens is 331 g/mol. The van der Waals surface area contributed by atoms with Crippen molar-refractivity contribution in [1.82, 2.24) is 4.90 Å². The molecule has 0 spiro atoms. The van der Waals surface area contributed by atoms with Crippen LogP contribution in [0.4, 0.5) is 18.9 Å². The van der Waals surface area contributed by atoms with Gasteiger partial charge in [0.25, 0.3) is 0 Å². The molecule has 1 aliphatic heterocycles. The topological polar surface area (TPSA) is 58.4 Å². The lowest BCUT2D eigenvalue weighted by Gasteiger charge is -2.22. The van der Waals surface area contributed by atoms with Crippen molar-refractivity contribution in [2.45, 2.75) is 19.5 Å². The predicted octanol–water partition coefficient (Wildman–Crippen LogP) is 2.97. The highest BCUT2D eigenvalue weighted by Crippen LogP contribution is 2.36. The Morgan fingerprint density at radius 2 is 2.17 bits per heavy atom. The average molecular weight is 350 g/mol. The van der Waals surface area contributed by atoms with Crippen molar-refractivity contribution < 1.29 is 18.0 Å². The van der Waals surface area contributed by atoms with Crippen LogP contribution in [-0.2, 0) is 11.0 Å². The number of carbonyl (C=O) groups excluding carboxylic acids is 1. The summed E-state index contributed by atoms with van der Waals surface area (Å²) in [6, 6.07) is 3.28. The number of likely N-dealkylation sites (tertiary alicyclic amines) is 1. The highest BCUT2D eigenvalue weighted by Gasteiger charge is 2.35. The second kappa shape index (κ2) is 6.67. The standard InChI is InChI=1S/C15H19ClF3N3O/c1-14(8-20)4-5-22(9-14)7-13(23)21-12-3-2-10(16)6-11(12)15(17,18)19/h2-3,6H,4-5,7-9,20H2,1H3,(H,21,23). The Bertz CT molecular complexity index is 594. The molecule has 2 rings (SSSR count). The normalized spacial score (nSPS) is 22.3. The highest BCUT2D eigenvalue weighted by atomic mass is 35.5. The molecule has 1 atom stereocenters. The Morgan fingerprint density at radius 3 is 2.74 bits per heavy atom. The van der Waals surface area contributed by atoms with E-state index in [9.17, 15) is 18.0 Å². The van der Waals surface area contributed by atoms with E-state index in [4.69, 9.17) is 17.3 Å². The van der Waals surface area contributed by atoms with Crippen molar-refractivity contribution in [2.75, 3.05) is 31.5 Å². The van der Waals surface area contributed by atoms with Gasteiger partial charge in [-0.05, 0) is 43.1 Å². The molecule has 0 aromatic heterocycles. The maximum absolute atomic E-state index is 13.0. The molecule has 1 aromatic carbocycles. The fourth-order valence-electron chi connectivity index (χ4n) is 2.68. The molecule has 1 heterocycles. The van der Waals surface area contributed by atoms with Gasteiger partial charge in [0.1, 0.15) is 0 Å². The molecule has 0 saturated carbocycles. The Kier molecular flexibility index (Phi) is 5.23. The number of rotatable bonds is 4. The lowest BCUT2D eigenvalue weighted by molar-refractivity contribution is -0.137. The van der Waals surface area contributed by atoms with E-state index in [2.05, 4.69) is 5.32 Å². The first-order valence-corrected chi connectivity index (χ1v) is 7.60. The lowest BCUT2D eigenvalue weighted by Crippen LogP contribution is -2.35. The summed E-state index contributed by atoms with van der Waals surface area (Å²) in [4.78, 5) is 13.9. The number of alkyl halides is 3. The summed E-state index contributed by atoms with van der Waals surface area (Å²) in [5, 5.41) is 2.29. The summed E-state index contributed by atoms with van der Waals surface area (Å²) >= 11 is 5.61. The van der Waals surface area contributed by atoms with Crippen LogP contribution >= 0.6 is 11.6 Å². The van der Waals surface area contributed by atoms with Gasteiger partial charge in [-0.3, -0.25) is 9.69 Å². The van der Waals surface area contributed by atoms with Crippen LogP contribution in [0.15, 0.2) is 18.2 Å². The van der Waals surface area contributed by atoms with Gasteiger partial charge in [0.15, 0.2) is 0 Å². The summed E-state index contributed by atoms with van der Waals surface area (Å²) in [5.74, 6) is -0.487. The molecule has 0 radical (unpaired) electrons. The van der Waals surface area contributed by atoms with Gasteiger partial charge < -0.3 is 11.1 Å². The highest BCUT2D eigenvalue weighted by molar-refractivity contribution is 6.30. The minimum atomic E-state index is -4.58. The number of hydrogen-bond donors (Lipinski definition) is 2. The Morgan fingerprint density at radius 1 is 1.48 bits per heavy atom. The third-order valence-electron chi connectivity index (χ3n) is 4.06. The third kappa shape index (κ3) is 4.59. The Hall–Kier alpha value is -1.31. The van der Waals surface area contributed by atoms with Gasteiger partial charge in [0, 0.05) is 11.6 Å². The second-order valence-electron chi connectivity index (χ2n) is 6.21. The number of nitrogens with one attached hydrogen (secondary N) is 1. The van der Waals surface area contributed by atoms with Gasteiger partial charge in [0.2, 0.25) is 5.91 Å². The van der Waals surface area contributed by atoms with Crippen LogP contribution in [0.1, 0.15) is 18.9 Å². The van der Waals surface area contributed by atoms with Gasteiger partial charge in [-0.25, -0.2) is 0 Å². The number of hydrogen-bond acceptors (Lipinski definition) is 3. The zero-order valence-electron chi connectivity index (χ0n) is 12.7. The zero-order valence-corrected chi connectivity index (χ0v) is 13.5. The predicted molar refractivity (Wildman–Crippen MR) is 83.3 cm³/mol. The largest absolute Gasteiger partial charge is 0.418 e. The molecule has 23 heavy (non-hydrogen) atoms. The van der Waals surface area contributed by atoms with Crippen LogP contribution < -0.4 is 11.1 Å². The first kappa shape index (κ1) is 18.0. The van der Waals surface area contributed by atoms with Crippen molar-refractivity contribution in [3.8, 4) is 0 Å². The zero-order chi connectivity index (χ0) is 17.3. The molecule has 1 aliphatic rings. The maximum Gasteiger partial charge on any atom is 0.418 e. The molecule has 0 aliphatic carbocycles. The summed E-state index contributed by atoms with van der Waals surface area (Å²) in [6.07, 6.45) is -3.72. The number of nitrogens with two attached hydrogens (primary N) is 1. The minimum Gasteiger partial charge on any atom is -0.330 e. The van der Waals surface area contributed by atoms with Crippen molar-refractivity contribution in [2.24, 2.45) is 11.1 Å². The monoisotopic (exact) mass is 349 g/mol. The molecule has 3 N–H and O–H groups in total. The van der Waals surface area contributed by atoms with Crippen molar-refractivity contribution in [3.63, 3.8) is 0 Å². The van der Waals surface area contributed by atoms with Crippen LogP contribution in [-0.4, -0.2) is 37.0 Å². The molecule has 8 heteroatoms. The van der Waals surface area contributed by atoms with Crippen molar-refractivity contribution in [3.05, 3.63) is 28.8 Å². The Labute approximate surface area is 137 Å². The quantitative estimate of drug-likeness (QED) is 0.878. The average Bonchev–Trinajstić information content (AvgIpc) is 2.82. The summed E-state index contributed by atoms with van der Waals surface area (Å²) in [6.45, 7) is 3.94. The fraction of sp³-hybridized carbons (Fsp3) is 0.533. The van der Waals surface area contributed by atoms with Gasteiger partial charge in [-0.15, -0.1) is 0 Å². The van der Waals surface area contributed by atoms with Crippen molar-refractivity contribution >= 4 is 23.2 Å². The fourth-order valence-corrected chi connectivity index (χ4v) is 2.85. The molecule has 1 amide bonds. The van der Waals surface area contributed by atoms with E-state index >= 15 is 0 Å².